The van der Waals surface area contributed by atoms with Crippen molar-refractivity contribution >= 4 is 23.0 Å². The maximum Gasteiger partial charge on any atom is 0.227 e. The van der Waals surface area contributed by atoms with E-state index in [4.69, 9.17) is 5.21 Å². The number of hydrogen-bond acceptors (Lipinski definition) is 3. The first-order valence-electron chi connectivity index (χ1n) is 5.00. The van der Waals surface area contributed by atoms with Crippen molar-refractivity contribution in [2.24, 2.45) is 5.16 Å². The highest BCUT2D eigenvalue weighted by Gasteiger charge is 2.09. The molecule has 0 spiro atoms. The standard InChI is InChI=1S/C12H12N2O2/c1-9(15)14-8-10(6-7-13-16)11-4-2-3-5-12(11)14/h2-5,7-8,16H,6H2,1H3/b13-7+. The van der Waals surface area contributed by atoms with E-state index in [-0.39, 0.29) is 5.91 Å². The van der Waals surface area contributed by atoms with E-state index in [1.54, 1.807) is 10.8 Å². The van der Waals surface area contributed by atoms with Gasteiger partial charge in [0.05, 0.1) is 5.52 Å². The van der Waals surface area contributed by atoms with Crippen molar-refractivity contribution in [2.75, 3.05) is 0 Å². The molecule has 0 aliphatic heterocycles. The van der Waals surface area contributed by atoms with E-state index >= 15 is 0 Å². The van der Waals surface area contributed by atoms with Gasteiger partial charge < -0.3 is 5.21 Å². The Balaban J connectivity index is 2.61. The predicted molar refractivity (Wildman–Crippen MR) is 62.2 cm³/mol. The summed E-state index contributed by atoms with van der Waals surface area (Å²) in [6, 6.07) is 7.67. The largest absolute Gasteiger partial charge is 0.411 e. The van der Waals surface area contributed by atoms with Crippen LogP contribution in [-0.4, -0.2) is 21.9 Å². The molecule has 0 amide bonds. The first-order valence-corrected chi connectivity index (χ1v) is 5.00. The van der Waals surface area contributed by atoms with Crippen LogP contribution in [0.25, 0.3) is 10.9 Å². The summed E-state index contributed by atoms with van der Waals surface area (Å²) in [5, 5.41) is 12.4. The number of fused-ring (bicyclic) bond motifs is 1. The Hall–Kier alpha value is -2.10. The number of hydrogen-bond donors (Lipinski definition) is 1. The maximum absolute atomic E-state index is 11.4. The van der Waals surface area contributed by atoms with Crippen LogP contribution in [0.15, 0.2) is 35.6 Å². The number of para-hydroxylation sites is 1. The van der Waals surface area contributed by atoms with Crippen LogP contribution in [0.1, 0.15) is 17.3 Å². The van der Waals surface area contributed by atoms with E-state index < -0.39 is 0 Å². The number of rotatable bonds is 2. The number of oxime groups is 1. The van der Waals surface area contributed by atoms with Gasteiger partial charge in [-0.3, -0.25) is 9.36 Å². The maximum atomic E-state index is 11.4. The van der Waals surface area contributed by atoms with Gasteiger partial charge in [0, 0.05) is 31.1 Å². The molecule has 1 aromatic heterocycles. The molecular formula is C12H12N2O2. The molecule has 0 bridgehead atoms. The summed E-state index contributed by atoms with van der Waals surface area (Å²) in [6.45, 7) is 1.52. The van der Waals surface area contributed by atoms with Gasteiger partial charge in [0.2, 0.25) is 5.91 Å². The van der Waals surface area contributed by atoms with Crippen LogP contribution in [0.3, 0.4) is 0 Å². The molecule has 1 heterocycles. The third kappa shape index (κ3) is 1.69. The molecule has 0 atom stereocenters. The Morgan fingerprint density at radius 3 is 2.94 bits per heavy atom. The molecule has 0 radical (unpaired) electrons. The van der Waals surface area contributed by atoms with E-state index in [2.05, 4.69) is 5.16 Å². The topological polar surface area (TPSA) is 54.6 Å². The minimum absolute atomic E-state index is 0.0246. The Morgan fingerprint density at radius 2 is 2.25 bits per heavy atom. The third-order valence-electron chi connectivity index (χ3n) is 2.53. The molecule has 4 nitrogen and oxygen atoms in total. The van der Waals surface area contributed by atoms with E-state index in [9.17, 15) is 4.79 Å². The van der Waals surface area contributed by atoms with E-state index in [0.717, 1.165) is 16.5 Å². The number of carbonyl (C=O) groups is 1. The van der Waals surface area contributed by atoms with Gasteiger partial charge in [-0.2, -0.15) is 0 Å². The average molecular weight is 216 g/mol. The van der Waals surface area contributed by atoms with Gasteiger partial charge in [-0.05, 0) is 11.6 Å². The van der Waals surface area contributed by atoms with Crippen LogP contribution in [0, 0.1) is 0 Å². The van der Waals surface area contributed by atoms with E-state index in [1.807, 2.05) is 24.3 Å². The van der Waals surface area contributed by atoms with E-state index in [1.165, 1.54) is 13.1 Å². The minimum atomic E-state index is -0.0246. The number of nitrogens with zero attached hydrogens (tertiary/aromatic N) is 2. The first-order chi connectivity index (χ1) is 7.74. The molecular weight excluding hydrogens is 204 g/mol. The van der Waals surface area contributed by atoms with Crippen LogP contribution < -0.4 is 0 Å². The number of aromatic nitrogens is 1. The van der Waals surface area contributed by atoms with Crippen molar-refractivity contribution in [2.45, 2.75) is 13.3 Å². The highest BCUT2D eigenvalue weighted by Crippen LogP contribution is 2.21. The molecule has 1 aromatic carbocycles. The lowest BCUT2D eigenvalue weighted by atomic mass is 10.1. The summed E-state index contributed by atoms with van der Waals surface area (Å²) in [5.41, 5.74) is 1.86. The van der Waals surface area contributed by atoms with Crippen molar-refractivity contribution in [3.63, 3.8) is 0 Å². The molecule has 0 fully saturated rings. The molecule has 82 valence electrons. The molecule has 2 aromatic rings. The fraction of sp³-hybridized carbons (Fsp3) is 0.167. The lowest BCUT2D eigenvalue weighted by Crippen LogP contribution is -2.02. The molecule has 0 unspecified atom stereocenters. The predicted octanol–water partition coefficient (Wildman–Crippen LogP) is 2.30. The molecule has 0 saturated carbocycles. The second-order valence-corrected chi connectivity index (χ2v) is 3.56. The van der Waals surface area contributed by atoms with Gasteiger partial charge in [0.25, 0.3) is 0 Å². The van der Waals surface area contributed by atoms with Gasteiger partial charge in [0.1, 0.15) is 0 Å². The molecule has 1 N–H and O–H groups in total. The van der Waals surface area contributed by atoms with Crippen molar-refractivity contribution in [1.29, 1.82) is 0 Å². The lowest BCUT2D eigenvalue weighted by Gasteiger charge is -1.97. The van der Waals surface area contributed by atoms with Crippen LogP contribution in [0.5, 0.6) is 0 Å². The van der Waals surface area contributed by atoms with Crippen LogP contribution in [0.2, 0.25) is 0 Å². The monoisotopic (exact) mass is 216 g/mol. The lowest BCUT2D eigenvalue weighted by molar-refractivity contribution is 0.0941. The van der Waals surface area contributed by atoms with Crippen molar-refractivity contribution < 1.29 is 10.0 Å². The molecule has 4 heteroatoms. The van der Waals surface area contributed by atoms with Crippen LogP contribution in [-0.2, 0) is 6.42 Å². The van der Waals surface area contributed by atoms with Crippen LogP contribution in [0.4, 0.5) is 0 Å². The summed E-state index contributed by atoms with van der Waals surface area (Å²) in [6.07, 6.45) is 3.71. The Kier molecular flexibility index (Phi) is 2.72. The summed E-state index contributed by atoms with van der Waals surface area (Å²) in [4.78, 5) is 11.4. The number of benzene rings is 1. The molecule has 16 heavy (non-hydrogen) atoms. The Bertz CT molecular complexity index is 555. The minimum Gasteiger partial charge on any atom is -0.411 e. The smallest absolute Gasteiger partial charge is 0.227 e. The summed E-state index contributed by atoms with van der Waals surface area (Å²) >= 11 is 0. The van der Waals surface area contributed by atoms with Crippen molar-refractivity contribution in [3.8, 4) is 0 Å². The number of carbonyl (C=O) groups excluding carboxylic acids is 1. The Labute approximate surface area is 92.8 Å². The molecule has 0 aliphatic carbocycles. The quantitative estimate of drug-likeness (QED) is 0.475. The summed E-state index contributed by atoms with van der Waals surface area (Å²) in [5.74, 6) is -0.0246. The van der Waals surface area contributed by atoms with Crippen LogP contribution >= 0.6 is 0 Å². The van der Waals surface area contributed by atoms with Crippen molar-refractivity contribution in [1.82, 2.24) is 4.57 Å². The van der Waals surface area contributed by atoms with Gasteiger partial charge in [-0.25, -0.2) is 0 Å². The fourth-order valence-electron chi connectivity index (χ4n) is 1.81. The zero-order valence-corrected chi connectivity index (χ0v) is 8.92. The normalized spacial score (nSPS) is 11.3. The SMILES string of the molecule is CC(=O)n1cc(C/C=N/O)c2ccccc21. The van der Waals surface area contributed by atoms with Gasteiger partial charge in [-0.1, -0.05) is 18.2 Å². The van der Waals surface area contributed by atoms with Gasteiger partial charge in [-0.15, -0.1) is 5.16 Å². The summed E-state index contributed by atoms with van der Waals surface area (Å²) in [7, 11) is 0. The second-order valence-electron chi connectivity index (χ2n) is 3.56. The fourth-order valence-corrected chi connectivity index (χ4v) is 1.81. The Morgan fingerprint density at radius 1 is 1.50 bits per heavy atom. The zero-order valence-electron chi connectivity index (χ0n) is 8.92. The summed E-state index contributed by atoms with van der Waals surface area (Å²) < 4.78 is 1.61. The third-order valence-corrected chi connectivity index (χ3v) is 2.53. The highest BCUT2D eigenvalue weighted by molar-refractivity contribution is 5.94. The molecule has 0 saturated heterocycles. The van der Waals surface area contributed by atoms with Gasteiger partial charge in [0.15, 0.2) is 0 Å². The molecule has 2 rings (SSSR count). The van der Waals surface area contributed by atoms with Gasteiger partial charge >= 0.3 is 0 Å². The molecule has 0 aliphatic rings. The zero-order chi connectivity index (χ0) is 11.5. The second kappa shape index (κ2) is 4.18. The average Bonchev–Trinajstić information content (AvgIpc) is 2.65. The highest BCUT2D eigenvalue weighted by atomic mass is 16.4. The van der Waals surface area contributed by atoms with E-state index in [0.29, 0.717) is 6.42 Å². The van der Waals surface area contributed by atoms with Crippen molar-refractivity contribution in [3.05, 3.63) is 36.0 Å². The first kappa shape index (κ1) is 10.4.